The van der Waals surface area contributed by atoms with Gasteiger partial charge in [-0.05, 0) is 30.0 Å². The molecule has 0 saturated carbocycles. The first-order valence-electron chi connectivity index (χ1n) is 10.3. The summed E-state index contributed by atoms with van der Waals surface area (Å²) < 4.78 is 16.2. The standard InChI is InChI=1S/C24H25N3O4S2/c1-15-20-22(31-4)25-19(14-29-2)26-23(20)33-21(15)24(28)27(13-17-9-7-11-32-17)12-16-8-5-6-10-18(16)30-3/h5-11H,12-14H2,1-4H3. The Balaban J connectivity index is 1.75. The number of aryl methyl sites for hydroxylation is 1. The summed E-state index contributed by atoms with van der Waals surface area (Å²) in [6.45, 7) is 3.11. The van der Waals surface area contributed by atoms with Gasteiger partial charge in [-0.25, -0.2) is 4.98 Å². The van der Waals surface area contributed by atoms with Gasteiger partial charge in [0.25, 0.3) is 5.91 Å². The second kappa shape index (κ2) is 10.3. The van der Waals surface area contributed by atoms with Crippen LogP contribution in [-0.2, 0) is 24.4 Å². The van der Waals surface area contributed by atoms with Crippen molar-refractivity contribution < 1.29 is 19.0 Å². The van der Waals surface area contributed by atoms with Gasteiger partial charge in [-0.15, -0.1) is 22.7 Å². The Hall–Kier alpha value is -3.01. The normalized spacial score (nSPS) is 11.0. The summed E-state index contributed by atoms with van der Waals surface area (Å²) >= 11 is 2.99. The van der Waals surface area contributed by atoms with Gasteiger partial charge in [0.05, 0.1) is 37.6 Å². The van der Waals surface area contributed by atoms with E-state index in [-0.39, 0.29) is 12.5 Å². The Morgan fingerprint density at radius 3 is 2.55 bits per heavy atom. The molecule has 4 aromatic rings. The van der Waals surface area contributed by atoms with Crippen LogP contribution in [0.4, 0.5) is 0 Å². The van der Waals surface area contributed by atoms with E-state index in [0.29, 0.717) is 34.5 Å². The molecule has 172 valence electrons. The molecule has 3 aromatic heterocycles. The number of methoxy groups -OCH3 is 3. The van der Waals surface area contributed by atoms with Crippen LogP contribution in [0.2, 0.25) is 0 Å². The molecule has 9 heteroatoms. The monoisotopic (exact) mass is 483 g/mol. The molecule has 7 nitrogen and oxygen atoms in total. The van der Waals surface area contributed by atoms with Gasteiger partial charge >= 0.3 is 0 Å². The highest BCUT2D eigenvalue weighted by Gasteiger charge is 2.26. The Kier molecular flexibility index (Phi) is 7.22. The van der Waals surface area contributed by atoms with Crippen molar-refractivity contribution in [3.05, 3.63) is 68.5 Å². The van der Waals surface area contributed by atoms with E-state index < -0.39 is 0 Å². The number of carbonyl (C=O) groups excluding carboxylic acids is 1. The van der Waals surface area contributed by atoms with Crippen molar-refractivity contribution in [3.63, 3.8) is 0 Å². The molecule has 0 unspecified atom stereocenters. The Bertz CT molecular complexity index is 1250. The topological polar surface area (TPSA) is 73.8 Å². The van der Waals surface area contributed by atoms with Crippen molar-refractivity contribution in [2.45, 2.75) is 26.6 Å². The lowest BCUT2D eigenvalue weighted by molar-refractivity contribution is 0.0735. The second-order valence-corrected chi connectivity index (χ2v) is 9.40. The first kappa shape index (κ1) is 23.2. The molecule has 0 bridgehead atoms. The molecule has 1 aromatic carbocycles. The van der Waals surface area contributed by atoms with Crippen LogP contribution in [0.15, 0.2) is 41.8 Å². The number of thiophene rings is 2. The first-order chi connectivity index (χ1) is 16.0. The van der Waals surface area contributed by atoms with E-state index in [1.54, 1.807) is 32.7 Å². The van der Waals surface area contributed by atoms with Gasteiger partial charge in [0.2, 0.25) is 5.88 Å². The number of rotatable bonds is 9. The fourth-order valence-electron chi connectivity index (χ4n) is 3.66. The molecule has 33 heavy (non-hydrogen) atoms. The SMILES string of the molecule is COCc1nc(OC)c2c(C)c(C(=O)N(Cc3cccs3)Cc3ccccc3OC)sc2n1. The summed E-state index contributed by atoms with van der Waals surface area (Å²) in [4.78, 5) is 27.2. The largest absolute Gasteiger partial charge is 0.496 e. The van der Waals surface area contributed by atoms with E-state index in [1.165, 1.54) is 11.3 Å². The zero-order chi connectivity index (χ0) is 23.4. The first-order valence-corrected chi connectivity index (χ1v) is 12.0. The van der Waals surface area contributed by atoms with Crippen molar-refractivity contribution in [1.82, 2.24) is 14.9 Å². The Labute approximate surface area is 200 Å². The lowest BCUT2D eigenvalue weighted by Crippen LogP contribution is -2.29. The number of hydrogen-bond donors (Lipinski definition) is 0. The van der Waals surface area contributed by atoms with Gasteiger partial charge in [-0.2, -0.15) is 4.98 Å². The predicted molar refractivity (Wildman–Crippen MR) is 130 cm³/mol. The lowest BCUT2D eigenvalue weighted by Gasteiger charge is -2.23. The van der Waals surface area contributed by atoms with Crippen LogP contribution >= 0.6 is 22.7 Å². The van der Waals surface area contributed by atoms with Gasteiger partial charge in [-0.3, -0.25) is 4.79 Å². The molecule has 0 atom stereocenters. The summed E-state index contributed by atoms with van der Waals surface area (Å²) in [5, 5.41) is 2.78. The summed E-state index contributed by atoms with van der Waals surface area (Å²) in [7, 11) is 4.81. The summed E-state index contributed by atoms with van der Waals surface area (Å²) in [5.41, 5.74) is 1.76. The highest BCUT2D eigenvalue weighted by molar-refractivity contribution is 7.20. The molecule has 0 spiro atoms. The number of ether oxygens (including phenoxy) is 3. The van der Waals surface area contributed by atoms with Crippen LogP contribution in [0.5, 0.6) is 11.6 Å². The quantitative estimate of drug-likeness (QED) is 0.331. The number of carbonyl (C=O) groups is 1. The number of para-hydroxylation sites is 1. The number of hydrogen-bond acceptors (Lipinski definition) is 8. The number of fused-ring (bicyclic) bond motifs is 1. The molecule has 0 radical (unpaired) electrons. The van der Waals surface area contributed by atoms with Crippen LogP contribution in [-0.4, -0.2) is 42.1 Å². The summed E-state index contributed by atoms with van der Waals surface area (Å²) in [6.07, 6.45) is 0. The summed E-state index contributed by atoms with van der Waals surface area (Å²) in [6, 6.07) is 11.8. The maximum atomic E-state index is 13.9. The van der Waals surface area contributed by atoms with E-state index in [0.717, 1.165) is 27.1 Å². The maximum Gasteiger partial charge on any atom is 0.264 e. The molecular weight excluding hydrogens is 458 g/mol. The maximum absolute atomic E-state index is 13.9. The van der Waals surface area contributed by atoms with Gasteiger partial charge in [0, 0.05) is 17.6 Å². The van der Waals surface area contributed by atoms with Crippen LogP contribution < -0.4 is 9.47 Å². The van der Waals surface area contributed by atoms with Crippen molar-refractivity contribution in [2.24, 2.45) is 0 Å². The zero-order valence-electron chi connectivity index (χ0n) is 19.0. The van der Waals surface area contributed by atoms with Crippen molar-refractivity contribution >= 4 is 38.8 Å². The van der Waals surface area contributed by atoms with Crippen molar-refractivity contribution in [1.29, 1.82) is 0 Å². The lowest BCUT2D eigenvalue weighted by atomic mass is 10.1. The highest BCUT2D eigenvalue weighted by atomic mass is 32.1. The van der Waals surface area contributed by atoms with Gasteiger partial charge < -0.3 is 19.1 Å². The molecule has 4 rings (SSSR count). The van der Waals surface area contributed by atoms with E-state index in [9.17, 15) is 4.79 Å². The van der Waals surface area contributed by atoms with Crippen LogP contribution in [0, 0.1) is 6.92 Å². The minimum atomic E-state index is -0.0647. The molecule has 3 heterocycles. The highest BCUT2D eigenvalue weighted by Crippen LogP contribution is 2.36. The number of amides is 1. The van der Waals surface area contributed by atoms with E-state index in [2.05, 4.69) is 9.97 Å². The average Bonchev–Trinajstić information content (AvgIpc) is 3.46. The number of benzene rings is 1. The third-order valence-corrected chi connectivity index (χ3v) is 7.27. The van der Waals surface area contributed by atoms with Crippen LogP contribution in [0.25, 0.3) is 10.2 Å². The smallest absolute Gasteiger partial charge is 0.264 e. The Morgan fingerprint density at radius 2 is 1.85 bits per heavy atom. The Morgan fingerprint density at radius 1 is 1.03 bits per heavy atom. The van der Waals surface area contributed by atoms with Crippen LogP contribution in [0.3, 0.4) is 0 Å². The van der Waals surface area contributed by atoms with E-state index in [1.807, 2.05) is 53.6 Å². The van der Waals surface area contributed by atoms with Gasteiger partial charge in [0.1, 0.15) is 17.2 Å². The minimum Gasteiger partial charge on any atom is -0.496 e. The third kappa shape index (κ3) is 4.85. The molecule has 0 aliphatic rings. The van der Waals surface area contributed by atoms with Crippen LogP contribution in [0.1, 0.15) is 31.5 Å². The average molecular weight is 484 g/mol. The molecule has 0 aliphatic carbocycles. The van der Waals surface area contributed by atoms with Gasteiger partial charge in [0.15, 0.2) is 5.82 Å². The molecule has 1 amide bonds. The summed E-state index contributed by atoms with van der Waals surface area (Å²) in [5.74, 6) is 1.66. The molecule has 0 aliphatic heterocycles. The number of aromatic nitrogens is 2. The minimum absolute atomic E-state index is 0.0647. The molecular formula is C24H25N3O4S2. The van der Waals surface area contributed by atoms with E-state index in [4.69, 9.17) is 14.2 Å². The predicted octanol–water partition coefficient (Wildman–Crippen LogP) is 5.07. The fraction of sp³-hybridized carbons (Fsp3) is 0.292. The van der Waals surface area contributed by atoms with E-state index >= 15 is 0 Å². The molecule has 0 fully saturated rings. The zero-order valence-corrected chi connectivity index (χ0v) is 20.6. The molecule has 0 N–H and O–H groups in total. The fourth-order valence-corrected chi connectivity index (χ4v) is 5.54. The van der Waals surface area contributed by atoms with Crippen molar-refractivity contribution in [2.75, 3.05) is 21.3 Å². The molecule has 0 saturated heterocycles. The van der Waals surface area contributed by atoms with Gasteiger partial charge in [-0.1, -0.05) is 24.3 Å². The number of nitrogens with zero attached hydrogens (tertiary/aromatic N) is 3. The second-order valence-electron chi connectivity index (χ2n) is 7.37. The third-order valence-electron chi connectivity index (χ3n) is 5.23. The van der Waals surface area contributed by atoms with Crippen molar-refractivity contribution in [3.8, 4) is 11.6 Å².